The number of ether oxygens (including phenoxy) is 2. The molecule has 0 saturated heterocycles. The highest BCUT2D eigenvalue weighted by atomic mass is 16.6. The number of alkyl carbamates (subject to hydrolysis) is 1. The molecule has 1 aliphatic heterocycles. The average molecular weight is 292 g/mol. The first-order chi connectivity index (χ1) is 9.76. The molecule has 0 spiro atoms. The Morgan fingerprint density at radius 2 is 2.00 bits per heavy atom. The minimum Gasteiger partial charge on any atom is -0.486 e. The molecule has 1 aliphatic rings. The van der Waals surface area contributed by atoms with Crippen molar-refractivity contribution in [2.75, 3.05) is 5.32 Å². The molecular weight excluding hydrogens is 272 g/mol. The van der Waals surface area contributed by atoms with Crippen LogP contribution in [0.2, 0.25) is 0 Å². The summed E-state index contributed by atoms with van der Waals surface area (Å²) in [6.07, 6.45) is -1.16. The minimum atomic E-state index is -0.827. The third-order valence-electron chi connectivity index (χ3n) is 2.88. The standard InChI is InChI=1S/C15H20N2O4/c1-9-12(17-14(19)21-15(2,3)4)13(18)16-10-7-5-6-8-11(10)20-9/h5-9,12H,1-4H3,(H,16,18)(H,17,19). The first-order valence-electron chi connectivity index (χ1n) is 6.82. The molecule has 2 rings (SSSR count). The number of anilines is 1. The van der Waals surface area contributed by atoms with E-state index in [0.29, 0.717) is 11.4 Å². The van der Waals surface area contributed by atoms with Crippen molar-refractivity contribution in [3.63, 3.8) is 0 Å². The number of nitrogens with one attached hydrogen (secondary N) is 2. The summed E-state index contributed by atoms with van der Waals surface area (Å²) >= 11 is 0. The molecule has 21 heavy (non-hydrogen) atoms. The number of amides is 2. The molecule has 0 aromatic heterocycles. The second-order valence-electron chi connectivity index (χ2n) is 5.93. The van der Waals surface area contributed by atoms with Crippen LogP contribution in [0.25, 0.3) is 0 Å². The normalized spacial score (nSPS) is 21.4. The quantitative estimate of drug-likeness (QED) is 0.832. The van der Waals surface area contributed by atoms with E-state index < -0.39 is 23.8 Å². The maximum Gasteiger partial charge on any atom is 0.408 e. The molecule has 2 amide bonds. The summed E-state index contributed by atoms with van der Waals surface area (Å²) in [7, 11) is 0. The van der Waals surface area contributed by atoms with Crippen LogP contribution in [-0.2, 0) is 9.53 Å². The van der Waals surface area contributed by atoms with Crippen LogP contribution in [0.15, 0.2) is 24.3 Å². The number of carbonyl (C=O) groups excluding carboxylic acids is 2. The molecule has 0 radical (unpaired) electrons. The number of para-hydroxylation sites is 2. The van der Waals surface area contributed by atoms with Crippen molar-refractivity contribution in [2.24, 2.45) is 0 Å². The van der Waals surface area contributed by atoms with Gasteiger partial charge in [0, 0.05) is 0 Å². The second kappa shape index (κ2) is 5.63. The first-order valence-corrected chi connectivity index (χ1v) is 6.82. The predicted molar refractivity (Wildman–Crippen MR) is 78.3 cm³/mol. The fraction of sp³-hybridized carbons (Fsp3) is 0.467. The topological polar surface area (TPSA) is 76.7 Å². The Morgan fingerprint density at radius 3 is 2.67 bits per heavy atom. The number of benzene rings is 1. The number of fused-ring (bicyclic) bond motifs is 1. The van der Waals surface area contributed by atoms with Crippen molar-refractivity contribution in [1.82, 2.24) is 5.32 Å². The van der Waals surface area contributed by atoms with Gasteiger partial charge in [0.2, 0.25) is 0 Å². The molecule has 0 saturated carbocycles. The Morgan fingerprint density at radius 1 is 1.33 bits per heavy atom. The van der Waals surface area contributed by atoms with Gasteiger partial charge in [-0.05, 0) is 39.8 Å². The molecule has 1 aromatic carbocycles. The Bertz CT molecular complexity index is 551. The van der Waals surface area contributed by atoms with Gasteiger partial charge in [0.25, 0.3) is 5.91 Å². The molecule has 6 nitrogen and oxygen atoms in total. The largest absolute Gasteiger partial charge is 0.486 e. The van der Waals surface area contributed by atoms with E-state index in [4.69, 9.17) is 9.47 Å². The van der Waals surface area contributed by atoms with E-state index in [1.54, 1.807) is 45.9 Å². The van der Waals surface area contributed by atoms with Gasteiger partial charge in [0.15, 0.2) is 0 Å². The van der Waals surface area contributed by atoms with Gasteiger partial charge in [-0.1, -0.05) is 12.1 Å². The molecule has 0 bridgehead atoms. The zero-order chi connectivity index (χ0) is 15.6. The molecule has 2 atom stereocenters. The van der Waals surface area contributed by atoms with Crippen LogP contribution >= 0.6 is 0 Å². The van der Waals surface area contributed by atoms with Gasteiger partial charge in [-0.3, -0.25) is 4.79 Å². The number of hydrogen-bond donors (Lipinski definition) is 2. The maximum atomic E-state index is 12.2. The van der Waals surface area contributed by atoms with Crippen molar-refractivity contribution in [3.05, 3.63) is 24.3 Å². The lowest BCUT2D eigenvalue weighted by Crippen LogP contribution is -2.51. The van der Waals surface area contributed by atoms with E-state index in [1.807, 2.05) is 6.07 Å². The van der Waals surface area contributed by atoms with Gasteiger partial charge in [-0.2, -0.15) is 0 Å². The van der Waals surface area contributed by atoms with E-state index in [0.717, 1.165) is 0 Å². The molecule has 6 heteroatoms. The summed E-state index contributed by atoms with van der Waals surface area (Å²) in [6, 6.07) is 6.30. The smallest absolute Gasteiger partial charge is 0.408 e. The lowest BCUT2D eigenvalue weighted by Gasteiger charge is -2.24. The zero-order valence-electron chi connectivity index (χ0n) is 12.6. The van der Waals surface area contributed by atoms with Crippen LogP contribution in [0.1, 0.15) is 27.7 Å². The van der Waals surface area contributed by atoms with Gasteiger partial charge in [-0.15, -0.1) is 0 Å². The average Bonchev–Trinajstić information content (AvgIpc) is 2.46. The lowest BCUT2D eigenvalue weighted by molar-refractivity contribution is -0.119. The van der Waals surface area contributed by atoms with E-state index in [1.165, 1.54) is 0 Å². The van der Waals surface area contributed by atoms with Crippen molar-refractivity contribution < 1.29 is 19.1 Å². The van der Waals surface area contributed by atoms with Crippen molar-refractivity contribution in [2.45, 2.75) is 45.4 Å². The number of carbonyl (C=O) groups is 2. The van der Waals surface area contributed by atoms with Crippen LogP contribution in [0.3, 0.4) is 0 Å². The fourth-order valence-corrected chi connectivity index (χ4v) is 1.98. The van der Waals surface area contributed by atoms with Crippen LogP contribution in [0.5, 0.6) is 5.75 Å². The Labute approximate surface area is 123 Å². The second-order valence-corrected chi connectivity index (χ2v) is 5.93. The highest BCUT2D eigenvalue weighted by Gasteiger charge is 2.33. The van der Waals surface area contributed by atoms with E-state index >= 15 is 0 Å². The molecule has 0 fully saturated rings. The summed E-state index contributed by atoms with van der Waals surface area (Å²) in [6.45, 7) is 7.00. The van der Waals surface area contributed by atoms with Gasteiger partial charge in [-0.25, -0.2) is 4.79 Å². The molecule has 0 aliphatic carbocycles. The summed E-state index contributed by atoms with van der Waals surface area (Å²) < 4.78 is 10.9. The third-order valence-corrected chi connectivity index (χ3v) is 2.88. The monoisotopic (exact) mass is 292 g/mol. The van der Waals surface area contributed by atoms with Crippen molar-refractivity contribution in [1.29, 1.82) is 0 Å². The van der Waals surface area contributed by atoms with Gasteiger partial charge < -0.3 is 20.1 Å². The number of hydrogen-bond acceptors (Lipinski definition) is 4. The Hall–Kier alpha value is -2.24. The van der Waals surface area contributed by atoms with Gasteiger partial charge in [0.1, 0.15) is 23.5 Å². The van der Waals surface area contributed by atoms with Gasteiger partial charge in [0.05, 0.1) is 5.69 Å². The zero-order valence-corrected chi connectivity index (χ0v) is 12.6. The summed E-state index contributed by atoms with van der Waals surface area (Å²) in [5.41, 5.74) is -0.0407. The van der Waals surface area contributed by atoms with Crippen LogP contribution < -0.4 is 15.4 Å². The number of rotatable bonds is 1. The van der Waals surface area contributed by atoms with Crippen LogP contribution in [0.4, 0.5) is 10.5 Å². The van der Waals surface area contributed by atoms with E-state index in [-0.39, 0.29) is 5.91 Å². The highest BCUT2D eigenvalue weighted by molar-refractivity contribution is 5.98. The van der Waals surface area contributed by atoms with Crippen molar-refractivity contribution in [3.8, 4) is 5.75 Å². The minimum absolute atomic E-state index is 0.335. The molecule has 114 valence electrons. The summed E-state index contributed by atoms with van der Waals surface area (Å²) in [5, 5.41) is 5.29. The van der Waals surface area contributed by atoms with Gasteiger partial charge >= 0.3 is 6.09 Å². The summed E-state index contributed by atoms with van der Waals surface area (Å²) in [5.74, 6) is 0.241. The maximum absolute atomic E-state index is 12.2. The van der Waals surface area contributed by atoms with Crippen molar-refractivity contribution >= 4 is 17.7 Å². The fourth-order valence-electron chi connectivity index (χ4n) is 1.98. The molecule has 2 unspecified atom stereocenters. The summed E-state index contributed by atoms with van der Waals surface area (Å²) in [4.78, 5) is 24.1. The Kier molecular flexibility index (Phi) is 4.06. The van der Waals surface area contributed by atoms with E-state index in [9.17, 15) is 9.59 Å². The van der Waals surface area contributed by atoms with E-state index in [2.05, 4.69) is 10.6 Å². The third kappa shape index (κ3) is 3.87. The molecule has 1 heterocycles. The highest BCUT2D eigenvalue weighted by Crippen LogP contribution is 2.28. The van der Waals surface area contributed by atoms with Crippen LogP contribution in [0, 0.1) is 0 Å². The first kappa shape index (κ1) is 15.2. The predicted octanol–water partition coefficient (Wildman–Crippen LogP) is 2.30. The van der Waals surface area contributed by atoms with Crippen LogP contribution in [-0.4, -0.2) is 29.7 Å². The Balaban J connectivity index is 2.11. The molecule has 1 aromatic rings. The lowest BCUT2D eigenvalue weighted by atomic mass is 10.1. The SMILES string of the molecule is CC1Oc2ccccc2NC(=O)C1NC(=O)OC(C)(C)C. The molecule has 2 N–H and O–H groups in total. The molecular formula is C15H20N2O4.